The molecule has 0 bridgehead atoms. The minimum atomic E-state index is 0.522. The highest BCUT2D eigenvalue weighted by atomic mass is 15.3. The summed E-state index contributed by atoms with van der Waals surface area (Å²) in [4.78, 5) is 8.62. The molecule has 3 aromatic rings. The van der Waals surface area contributed by atoms with Crippen LogP contribution in [0.15, 0.2) is 24.5 Å². The van der Waals surface area contributed by atoms with Gasteiger partial charge in [-0.05, 0) is 18.1 Å². The summed E-state index contributed by atoms with van der Waals surface area (Å²) in [6.45, 7) is 2.79. The van der Waals surface area contributed by atoms with E-state index in [0.29, 0.717) is 12.5 Å². The van der Waals surface area contributed by atoms with E-state index in [2.05, 4.69) is 22.0 Å². The Morgan fingerprint density at radius 2 is 2.20 bits per heavy atom. The molecule has 0 aromatic carbocycles. The van der Waals surface area contributed by atoms with Crippen LogP contribution in [0.4, 0.5) is 5.95 Å². The Morgan fingerprint density at radius 1 is 1.35 bits per heavy atom. The molecule has 0 amide bonds. The van der Waals surface area contributed by atoms with Crippen molar-refractivity contribution in [1.82, 2.24) is 24.3 Å². The Balaban J connectivity index is 2.09. The molecular weight excluding hydrogens is 252 g/mol. The molecule has 0 saturated carbocycles. The van der Waals surface area contributed by atoms with E-state index in [4.69, 9.17) is 5.73 Å². The van der Waals surface area contributed by atoms with Gasteiger partial charge in [0.1, 0.15) is 5.52 Å². The molecule has 3 rings (SSSR count). The fourth-order valence-corrected chi connectivity index (χ4v) is 2.49. The van der Waals surface area contributed by atoms with Crippen LogP contribution < -0.4 is 5.73 Å². The molecule has 0 atom stereocenters. The number of rotatable bonds is 4. The van der Waals surface area contributed by atoms with Gasteiger partial charge in [0.25, 0.3) is 0 Å². The van der Waals surface area contributed by atoms with E-state index in [-0.39, 0.29) is 0 Å². The summed E-state index contributed by atoms with van der Waals surface area (Å²) < 4.78 is 3.85. The topological polar surface area (TPSA) is 74.6 Å². The van der Waals surface area contributed by atoms with Crippen molar-refractivity contribution in [1.29, 1.82) is 0 Å². The summed E-state index contributed by atoms with van der Waals surface area (Å²) in [5.41, 5.74) is 10.1. The largest absolute Gasteiger partial charge is 0.369 e. The normalized spacial score (nSPS) is 11.3. The lowest BCUT2D eigenvalue weighted by Gasteiger charge is -2.06. The van der Waals surface area contributed by atoms with Crippen molar-refractivity contribution in [2.45, 2.75) is 26.3 Å². The zero-order valence-corrected chi connectivity index (χ0v) is 11.7. The second kappa shape index (κ2) is 4.96. The van der Waals surface area contributed by atoms with Crippen molar-refractivity contribution >= 4 is 17.1 Å². The van der Waals surface area contributed by atoms with Crippen LogP contribution in [0, 0.1) is 0 Å². The van der Waals surface area contributed by atoms with Gasteiger partial charge in [-0.25, -0.2) is 4.98 Å². The van der Waals surface area contributed by atoms with Crippen LogP contribution in [0.5, 0.6) is 0 Å². The minimum absolute atomic E-state index is 0.522. The molecule has 0 radical (unpaired) electrons. The van der Waals surface area contributed by atoms with Crippen LogP contribution >= 0.6 is 0 Å². The lowest BCUT2D eigenvalue weighted by atomic mass is 10.2. The molecule has 3 aromatic heterocycles. The van der Waals surface area contributed by atoms with Crippen molar-refractivity contribution < 1.29 is 0 Å². The molecule has 2 N–H and O–H groups in total. The number of nitrogens with zero attached hydrogens (tertiary/aromatic N) is 5. The molecule has 104 valence electrons. The molecule has 0 aliphatic rings. The highest BCUT2D eigenvalue weighted by Crippen LogP contribution is 2.22. The molecule has 0 aliphatic heterocycles. The summed E-state index contributed by atoms with van der Waals surface area (Å²) in [7, 11) is 1.93. The lowest BCUT2D eigenvalue weighted by molar-refractivity contribution is 0.711. The van der Waals surface area contributed by atoms with Crippen LogP contribution in [0.2, 0.25) is 0 Å². The number of hydrogen-bond donors (Lipinski definition) is 1. The monoisotopic (exact) mass is 270 g/mol. The summed E-state index contributed by atoms with van der Waals surface area (Å²) in [6, 6.07) is 3.95. The van der Waals surface area contributed by atoms with Crippen molar-refractivity contribution in [3.05, 3.63) is 35.8 Å². The number of nitrogen functional groups attached to an aromatic ring is 1. The predicted octanol–water partition coefficient (Wildman–Crippen LogP) is 1.75. The first-order chi connectivity index (χ1) is 9.70. The molecule has 6 heteroatoms. The number of pyridine rings is 1. The number of imidazole rings is 1. The Labute approximate surface area is 117 Å². The van der Waals surface area contributed by atoms with Crippen molar-refractivity contribution in [2.75, 3.05) is 5.73 Å². The maximum Gasteiger partial charge on any atom is 0.202 e. The molecule has 0 saturated heterocycles. The van der Waals surface area contributed by atoms with E-state index >= 15 is 0 Å². The van der Waals surface area contributed by atoms with Gasteiger partial charge in [0, 0.05) is 19.4 Å². The predicted molar refractivity (Wildman–Crippen MR) is 78.2 cm³/mol. The second-order valence-electron chi connectivity index (χ2n) is 4.91. The third-order valence-corrected chi connectivity index (χ3v) is 3.37. The Bertz CT molecular complexity index is 725. The Hall–Kier alpha value is -2.37. The SMILES string of the molecule is CCCc1nn(C)c2c1nc(N)n2Cc1cccnc1. The zero-order valence-electron chi connectivity index (χ0n) is 11.7. The number of aryl methyl sites for hydroxylation is 2. The first kappa shape index (κ1) is 12.7. The number of fused-ring (bicyclic) bond motifs is 1. The van der Waals surface area contributed by atoms with Gasteiger partial charge in [0.05, 0.1) is 12.2 Å². The first-order valence-electron chi connectivity index (χ1n) is 6.77. The zero-order chi connectivity index (χ0) is 14.1. The number of anilines is 1. The molecule has 0 spiro atoms. The smallest absolute Gasteiger partial charge is 0.202 e. The fourth-order valence-electron chi connectivity index (χ4n) is 2.49. The van der Waals surface area contributed by atoms with Crippen LogP contribution in [0.1, 0.15) is 24.6 Å². The third-order valence-electron chi connectivity index (χ3n) is 3.37. The van der Waals surface area contributed by atoms with Gasteiger partial charge < -0.3 is 5.73 Å². The van der Waals surface area contributed by atoms with E-state index in [1.165, 1.54) is 0 Å². The third kappa shape index (κ3) is 2.03. The second-order valence-corrected chi connectivity index (χ2v) is 4.91. The van der Waals surface area contributed by atoms with Crippen LogP contribution in [-0.2, 0) is 20.0 Å². The van der Waals surface area contributed by atoms with Gasteiger partial charge in [-0.3, -0.25) is 14.2 Å². The molecule has 0 fully saturated rings. The lowest BCUT2D eigenvalue weighted by Crippen LogP contribution is -2.08. The maximum atomic E-state index is 6.07. The van der Waals surface area contributed by atoms with Gasteiger partial charge in [-0.1, -0.05) is 19.4 Å². The van der Waals surface area contributed by atoms with Gasteiger partial charge >= 0.3 is 0 Å². The summed E-state index contributed by atoms with van der Waals surface area (Å²) in [5, 5.41) is 4.55. The summed E-state index contributed by atoms with van der Waals surface area (Å²) in [5.74, 6) is 0.522. The number of nitrogens with two attached hydrogens (primary N) is 1. The molecule has 3 heterocycles. The van der Waals surface area contributed by atoms with E-state index in [0.717, 1.165) is 35.3 Å². The fraction of sp³-hybridized carbons (Fsp3) is 0.357. The van der Waals surface area contributed by atoms with Crippen LogP contribution in [0.25, 0.3) is 11.2 Å². The van der Waals surface area contributed by atoms with E-state index < -0.39 is 0 Å². The minimum Gasteiger partial charge on any atom is -0.369 e. The van der Waals surface area contributed by atoms with Gasteiger partial charge in [-0.15, -0.1) is 0 Å². The quantitative estimate of drug-likeness (QED) is 0.783. The molecule has 0 aliphatic carbocycles. The van der Waals surface area contributed by atoms with E-state index in [1.54, 1.807) is 6.20 Å². The van der Waals surface area contributed by atoms with Gasteiger partial charge in [0.2, 0.25) is 5.95 Å². The highest BCUT2D eigenvalue weighted by Gasteiger charge is 2.17. The van der Waals surface area contributed by atoms with Crippen LogP contribution in [-0.4, -0.2) is 24.3 Å². The van der Waals surface area contributed by atoms with Crippen LogP contribution in [0.3, 0.4) is 0 Å². The summed E-state index contributed by atoms with van der Waals surface area (Å²) in [6.07, 6.45) is 5.57. The van der Waals surface area contributed by atoms with Gasteiger partial charge in [-0.2, -0.15) is 5.10 Å². The molecule has 20 heavy (non-hydrogen) atoms. The maximum absolute atomic E-state index is 6.07. The Kier molecular flexibility index (Phi) is 3.14. The van der Waals surface area contributed by atoms with E-state index in [9.17, 15) is 0 Å². The first-order valence-corrected chi connectivity index (χ1v) is 6.77. The van der Waals surface area contributed by atoms with Crippen molar-refractivity contribution in [3.8, 4) is 0 Å². The highest BCUT2D eigenvalue weighted by molar-refractivity contribution is 5.77. The molecular formula is C14H18N6. The van der Waals surface area contributed by atoms with Gasteiger partial charge in [0.15, 0.2) is 5.65 Å². The molecule has 6 nitrogen and oxygen atoms in total. The van der Waals surface area contributed by atoms with Crippen molar-refractivity contribution in [3.63, 3.8) is 0 Å². The molecule has 0 unspecified atom stereocenters. The average molecular weight is 270 g/mol. The Morgan fingerprint density at radius 3 is 2.90 bits per heavy atom. The number of aromatic nitrogens is 5. The standard InChI is InChI=1S/C14H18N6/c1-3-5-11-12-13(19(2)18-11)20(14(15)17-12)9-10-6-4-7-16-8-10/h4,6-8H,3,5,9H2,1-2H3,(H2,15,17). The van der Waals surface area contributed by atoms with E-state index in [1.807, 2.05) is 34.6 Å². The average Bonchev–Trinajstić information content (AvgIpc) is 2.91. The number of hydrogen-bond acceptors (Lipinski definition) is 4. The van der Waals surface area contributed by atoms with Crippen molar-refractivity contribution in [2.24, 2.45) is 7.05 Å². The summed E-state index contributed by atoms with van der Waals surface area (Å²) >= 11 is 0.